The Hall–Kier alpha value is -3.83. The number of carbonyl (C=O) groups is 2. The van der Waals surface area contributed by atoms with Crippen molar-refractivity contribution in [1.29, 1.82) is 0 Å². The van der Waals surface area contributed by atoms with Gasteiger partial charge < -0.3 is 14.8 Å². The quantitative estimate of drug-likeness (QED) is 0.301. The molecule has 0 saturated carbocycles. The maximum Gasteiger partial charge on any atom is 0.336 e. The number of esters is 2. The zero-order valence-electron chi connectivity index (χ0n) is 17.7. The molecule has 0 atom stereocenters. The van der Waals surface area contributed by atoms with Crippen molar-refractivity contribution in [1.82, 2.24) is 14.3 Å². The van der Waals surface area contributed by atoms with Crippen LogP contribution in [0.2, 0.25) is 0 Å². The average Bonchev–Trinajstić information content (AvgIpc) is 3.24. The number of rotatable bonds is 8. The van der Waals surface area contributed by atoms with Crippen molar-refractivity contribution in [2.24, 2.45) is 0 Å². The highest BCUT2D eigenvalue weighted by molar-refractivity contribution is 7.90. The van der Waals surface area contributed by atoms with E-state index in [9.17, 15) is 18.0 Å². The fourth-order valence-electron chi connectivity index (χ4n) is 2.94. The molecule has 0 aliphatic carbocycles. The zero-order chi connectivity index (χ0) is 24.0. The molecule has 2 aromatic heterocycles. The standard InChI is InChI=1S/C22H20FN3O6S/c1-24-12-15-11-18(26(14-15)33(29,30)16-5-4-10-25-13-16)17-6-3-7-19(22(17)23)32-21(28)9-8-20(27)31-2/h3-11,13-14,24H,12H2,1-2H3/b9-8+. The van der Waals surface area contributed by atoms with Gasteiger partial charge in [0, 0.05) is 42.9 Å². The molecule has 1 aromatic carbocycles. The largest absolute Gasteiger partial charge is 0.466 e. The lowest BCUT2D eigenvalue weighted by molar-refractivity contribution is -0.135. The SMILES string of the molecule is CNCc1cc(-c2cccc(OC(=O)/C=C/C(=O)OC)c2F)n(S(=O)(=O)c2cccnc2)c1. The van der Waals surface area contributed by atoms with Gasteiger partial charge in [0.05, 0.1) is 12.8 Å². The third-order valence-corrected chi connectivity index (χ3v) is 6.08. The van der Waals surface area contributed by atoms with Gasteiger partial charge >= 0.3 is 11.9 Å². The van der Waals surface area contributed by atoms with Crippen LogP contribution in [-0.2, 0) is 30.9 Å². The molecule has 0 aliphatic rings. The van der Waals surface area contributed by atoms with Gasteiger partial charge in [-0.2, -0.15) is 0 Å². The van der Waals surface area contributed by atoms with Gasteiger partial charge in [0.1, 0.15) is 4.90 Å². The Bertz CT molecular complexity index is 1300. The Balaban J connectivity index is 2.06. The second-order valence-corrected chi connectivity index (χ2v) is 8.46. The van der Waals surface area contributed by atoms with E-state index >= 15 is 4.39 Å². The molecule has 3 rings (SSSR count). The monoisotopic (exact) mass is 473 g/mol. The van der Waals surface area contributed by atoms with Crippen LogP contribution in [0.1, 0.15) is 5.56 Å². The molecule has 0 bridgehead atoms. The number of aromatic nitrogens is 2. The zero-order valence-corrected chi connectivity index (χ0v) is 18.5. The van der Waals surface area contributed by atoms with Crippen molar-refractivity contribution in [2.75, 3.05) is 14.2 Å². The number of pyridine rings is 1. The lowest BCUT2D eigenvalue weighted by Crippen LogP contribution is -2.14. The molecule has 3 aromatic rings. The highest BCUT2D eigenvalue weighted by Crippen LogP contribution is 2.33. The number of ether oxygens (including phenoxy) is 2. The molecule has 0 unspecified atom stereocenters. The van der Waals surface area contributed by atoms with Crippen LogP contribution in [0.25, 0.3) is 11.3 Å². The molecule has 2 heterocycles. The summed E-state index contributed by atoms with van der Waals surface area (Å²) in [5, 5.41) is 2.92. The van der Waals surface area contributed by atoms with E-state index in [0.717, 1.165) is 23.2 Å². The highest BCUT2D eigenvalue weighted by atomic mass is 32.2. The first-order valence-corrected chi connectivity index (χ1v) is 11.0. The minimum absolute atomic E-state index is 0.0320. The Labute approximate surface area is 189 Å². The van der Waals surface area contributed by atoms with Gasteiger partial charge in [-0.05, 0) is 42.9 Å². The Morgan fingerprint density at radius 3 is 2.61 bits per heavy atom. The van der Waals surface area contributed by atoms with E-state index in [4.69, 9.17) is 4.74 Å². The van der Waals surface area contributed by atoms with Crippen LogP contribution in [0, 0.1) is 5.82 Å². The molecule has 0 aliphatic heterocycles. The number of nitrogens with zero attached hydrogens (tertiary/aromatic N) is 2. The molecule has 0 spiro atoms. The number of hydrogen-bond acceptors (Lipinski definition) is 8. The summed E-state index contributed by atoms with van der Waals surface area (Å²) < 4.78 is 52.1. The summed E-state index contributed by atoms with van der Waals surface area (Å²) in [7, 11) is -1.27. The van der Waals surface area contributed by atoms with E-state index in [-0.39, 0.29) is 16.2 Å². The lowest BCUT2D eigenvalue weighted by atomic mass is 10.1. The fraction of sp³-hybridized carbons (Fsp3) is 0.136. The minimum atomic E-state index is -4.10. The fourth-order valence-corrected chi connectivity index (χ4v) is 4.30. The summed E-state index contributed by atoms with van der Waals surface area (Å²) in [6.45, 7) is 0.331. The van der Waals surface area contributed by atoms with Crippen molar-refractivity contribution in [2.45, 2.75) is 11.4 Å². The molecule has 172 valence electrons. The van der Waals surface area contributed by atoms with Gasteiger partial charge in [-0.3, -0.25) is 4.98 Å². The average molecular weight is 473 g/mol. The van der Waals surface area contributed by atoms with Gasteiger partial charge in [-0.15, -0.1) is 0 Å². The number of hydrogen-bond donors (Lipinski definition) is 1. The van der Waals surface area contributed by atoms with Crippen LogP contribution < -0.4 is 10.1 Å². The Morgan fingerprint density at radius 2 is 1.94 bits per heavy atom. The predicted octanol–water partition coefficient (Wildman–Crippen LogP) is 2.28. The molecule has 1 N–H and O–H groups in total. The van der Waals surface area contributed by atoms with E-state index in [0.29, 0.717) is 12.1 Å². The van der Waals surface area contributed by atoms with Crippen molar-refractivity contribution in [3.63, 3.8) is 0 Å². The first kappa shape index (κ1) is 23.8. The maximum atomic E-state index is 15.3. The van der Waals surface area contributed by atoms with E-state index in [2.05, 4.69) is 15.0 Å². The summed E-state index contributed by atoms with van der Waals surface area (Å²) in [5.41, 5.74) is 0.513. The molecular weight excluding hydrogens is 453 g/mol. The van der Waals surface area contributed by atoms with Crippen LogP contribution in [0.15, 0.2) is 72.0 Å². The maximum absolute atomic E-state index is 15.3. The molecule has 11 heteroatoms. The topological polar surface area (TPSA) is 117 Å². The van der Waals surface area contributed by atoms with Crippen molar-refractivity contribution in [3.05, 3.63) is 78.5 Å². The van der Waals surface area contributed by atoms with E-state index < -0.39 is 33.5 Å². The Kier molecular flexibility index (Phi) is 7.36. The first-order valence-electron chi connectivity index (χ1n) is 9.56. The van der Waals surface area contributed by atoms with E-state index in [1.807, 2.05) is 0 Å². The van der Waals surface area contributed by atoms with Crippen LogP contribution in [0.5, 0.6) is 5.75 Å². The minimum Gasteiger partial charge on any atom is -0.466 e. The number of benzene rings is 1. The van der Waals surface area contributed by atoms with E-state index in [1.54, 1.807) is 7.05 Å². The molecule has 33 heavy (non-hydrogen) atoms. The second kappa shape index (κ2) is 10.2. The second-order valence-electron chi connectivity index (χ2n) is 6.65. The predicted molar refractivity (Wildman–Crippen MR) is 116 cm³/mol. The normalized spacial score (nSPS) is 11.5. The van der Waals surface area contributed by atoms with Gasteiger partial charge in [0.25, 0.3) is 10.0 Å². The molecular formula is C22H20FN3O6S. The van der Waals surface area contributed by atoms with Gasteiger partial charge in [0.15, 0.2) is 11.6 Å². The van der Waals surface area contributed by atoms with Gasteiger partial charge in [0.2, 0.25) is 0 Å². The summed E-state index contributed by atoms with van der Waals surface area (Å²) in [6, 6.07) is 8.37. The van der Waals surface area contributed by atoms with Crippen LogP contribution in [0.4, 0.5) is 4.39 Å². The van der Waals surface area contributed by atoms with E-state index in [1.165, 1.54) is 55.0 Å². The first-order chi connectivity index (χ1) is 15.8. The van der Waals surface area contributed by atoms with Crippen molar-refractivity contribution >= 4 is 22.0 Å². The van der Waals surface area contributed by atoms with Crippen LogP contribution in [0.3, 0.4) is 0 Å². The number of carbonyl (C=O) groups excluding carboxylic acids is 2. The van der Waals surface area contributed by atoms with Crippen LogP contribution >= 0.6 is 0 Å². The third kappa shape index (κ3) is 5.33. The molecule has 9 nitrogen and oxygen atoms in total. The Morgan fingerprint density at radius 1 is 1.18 bits per heavy atom. The van der Waals surface area contributed by atoms with Gasteiger partial charge in [-0.1, -0.05) is 6.07 Å². The van der Waals surface area contributed by atoms with Crippen molar-refractivity contribution < 1.29 is 31.9 Å². The van der Waals surface area contributed by atoms with Crippen molar-refractivity contribution in [3.8, 4) is 17.0 Å². The summed E-state index contributed by atoms with van der Waals surface area (Å²) in [6.07, 6.45) is 5.64. The molecule has 0 fully saturated rings. The smallest absolute Gasteiger partial charge is 0.336 e. The molecule has 0 amide bonds. The van der Waals surface area contributed by atoms with Crippen LogP contribution in [-0.4, -0.2) is 43.5 Å². The number of halogens is 1. The number of methoxy groups -OCH3 is 1. The highest BCUT2D eigenvalue weighted by Gasteiger charge is 2.24. The van der Waals surface area contributed by atoms with Gasteiger partial charge in [-0.25, -0.2) is 26.4 Å². The summed E-state index contributed by atoms with van der Waals surface area (Å²) >= 11 is 0. The summed E-state index contributed by atoms with van der Waals surface area (Å²) in [5.74, 6) is -3.18. The third-order valence-electron chi connectivity index (χ3n) is 4.42. The summed E-state index contributed by atoms with van der Waals surface area (Å²) in [4.78, 5) is 26.8. The lowest BCUT2D eigenvalue weighted by Gasteiger charge is -2.12. The number of nitrogens with one attached hydrogen (secondary N) is 1. The molecule has 0 saturated heterocycles. The molecule has 0 radical (unpaired) electrons.